The van der Waals surface area contributed by atoms with Crippen LogP contribution >= 0.6 is 27.7 Å². The van der Waals surface area contributed by atoms with Gasteiger partial charge in [-0.15, -0.1) is 10.2 Å². The maximum Gasteiger partial charge on any atom is 0.277 e. The van der Waals surface area contributed by atoms with Crippen LogP contribution in [0.25, 0.3) is 0 Å². The summed E-state index contributed by atoms with van der Waals surface area (Å²) in [5.41, 5.74) is 1.12. The van der Waals surface area contributed by atoms with Crippen molar-refractivity contribution in [3.05, 3.63) is 64.2 Å². The first-order valence-electron chi connectivity index (χ1n) is 7.86. The molecule has 0 atom stereocenters. The van der Waals surface area contributed by atoms with Crippen LogP contribution in [-0.4, -0.2) is 29.0 Å². The Balaban J connectivity index is 1.52. The Morgan fingerprint density at radius 3 is 2.74 bits per heavy atom. The Kier molecular flexibility index (Phi) is 6.46. The number of nitrogens with zero attached hydrogens (tertiary/aromatic N) is 2. The molecule has 3 rings (SSSR count). The molecule has 1 amide bonds. The molecule has 0 aliphatic heterocycles. The smallest absolute Gasteiger partial charge is 0.277 e. The lowest BCUT2D eigenvalue weighted by atomic mass is 10.1. The molecular formula is C18H15BrFN3O3S. The van der Waals surface area contributed by atoms with Crippen LogP contribution in [0.4, 0.5) is 10.1 Å². The van der Waals surface area contributed by atoms with E-state index in [-0.39, 0.29) is 22.6 Å². The molecule has 0 fully saturated rings. The highest BCUT2D eigenvalue weighted by Gasteiger charge is 2.12. The van der Waals surface area contributed by atoms with E-state index in [4.69, 9.17) is 9.15 Å². The second-order valence-corrected chi connectivity index (χ2v) is 7.29. The summed E-state index contributed by atoms with van der Waals surface area (Å²) in [4.78, 5) is 12.0. The number of anilines is 1. The Labute approximate surface area is 167 Å². The third-order valence-electron chi connectivity index (χ3n) is 3.49. The van der Waals surface area contributed by atoms with E-state index >= 15 is 0 Å². The number of halogens is 2. The van der Waals surface area contributed by atoms with Crippen molar-refractivity contribution in [3.8, 4) is 5.75 Å². The highest BCUT2D eigenvalue weighted by Crippen LogP contribution is 2.22. The quantitative estimate of drug-likeness (QED) is 0.539. The van der Waals surface area contributed by atoms with E-state index in [1.807, 2.05) is 24.3 Å². The fourth-order valence-corrected chi connectivity index (χ4v) is 3.10. The van der Waals surface area contributed by atoms with Crippen LogP contribution in [0.5, 0.6) is 5.75 Å². The van der Waals surface area contributed by atoms with Crippen LogP contribution in [-0.2, 0) is 11.2 Å². The summed E-state index contributed by atoms with van der Waals surface area (Å²) in [6.45, 7) is 0. The molecule has 0 bridgehead atoms. The zero-order valence-electron chi connectivity index (χ0n) is 14.2. The lowest BCUT2D eigenvalue weighted by Crippen LogP contribution is -2.15. The number of amides is 1. The number of hydrogen-bond donors (Lipinski definition) is 1. The molecule has 0 unspecified atom stereocenters. The molecule has 0 saturated heterocycles. The van der Waals surface area contributed by atoms with Crippen LogP contribution in [0.3, 0.4) is 0 Å². The van der Waals surface area contributed by atoms with Gasteiger partial charge in [0.15, 0.2) is 0 Å². The predicted molar refractivity (Wildman–Crippen MR) is 104 cm³/mol. The first-order chi connectivity index (χ1) is 13.0. The van der Waals surface area contributed by atoms with E-state index in [0.29, 0.717) is 16.8 Å². The predicted octanol–water partition coefficient (Wildman–Crippen LogP) is 4.30. The summed E-state index contributed by atoms with van der Waals surface area (Å²) >= 11 is 4.26. The van der Waals surface area contributed by atoms with Gasteiger partial charge >= 0.3 is 0 Å². The maximum atomic E-state index is 13.7. The van der Waals surface area contributed by atoms with Crippen LogP contribution < -0.4 is 10.1 Å². The second-order valence-electron chi connectivity index (χ2n) is 5.45. The molecule has 0 aliphatic rings. The SMILES string of the molecule is COc1ccc(Cc2nnc(SCC(=O)Nc3ccc(Br)cc3F)o2)cc1. The van der Waals surface area contributed by atoms with Crippen molar-refractivity contribution in [1.82, 2.24) is 10.2 Å². The van der Waals surface area contributed by atoms with Gasteiger partial charge in [0.05, 0.1) is 25.0 Å². The van der Waals surface area contributed by atoms with Gasteiger partial charge in [0.1, 0.15) is 11.6 Å². The number of benzene rings is 2. The monoisotopic (exact) mass is 451 g/mol. The Bertz CT molecular complexity index is 934. The number of carbonyl (C=O) groups excluding carboxylic acids is 1. The topological polar surface area (TPSA) is 77.2 Å². The van der Waals surface area contributed by atoms with Crippen molar-refractivity contribution >= 4 is 39.3 Å². The van der Waals surface area contributed by atoms with Crippen molar-refractivity contribution in [3.63, 3.8) is 0 Å². The Morgan fingerprint density at radius 1 is 1.26 bits per heavy atom. The van der Waals surface area contributed by atoms with Crippen molar-refractivity contribution < 1.29 is 18.3 Å². The van der Waals surface area contributed by atoms with Gasteiger partial charge in [-0.25, -0.2) is 4.39 Å². The van der Waals surface area contributed by atoms with E-state index < -0.39 is 5.82 Å². The van der Waals surface area contributed by atoms with Crippen LogP contribution in [0, 0.1) is 5.82 Å². The van der Waals surface area contributed by atoms with Crippen LogP contribution in [0.2, 0.25) is 0 Å². The lowest BCUT2D eigenvalue weighted by Gasteiger charge is -2.05. The van der Waals surface area contributed by atoms with Crippen LogP contribution in [0.1, 0.15) is 11.5 Å². The molecule has 1 heterocycles. The molecule has 9 heteroatoms. The van der Waals surface area contributed by atoms with E-state index in [9.17, 15) is 9.18 Å². The minimum Gasteiger partial charge on any atom is -0.497 e. The van der Waals surface area contributed by atoms with Crippen molar-refractivity contribution in [2.45, 2.75) is 11.6 Å². The van der Waals surface area contributed by atoms with E-state index in [0.717, 1.165) is 23.1 Å². The molecule has 0 radical (unpaired) electrons. The number of rotatable bonds is 7. The molecule has 0 spiro atoms. The van der Waals surface area contributed by atoms with Gasteiger partial charge in [-0.05, 0) is 35.9 Å². The Hall–Kier alpha value is -2.39. The summed E-state index contributed by atoms with van der Waals surface area (Å²) in [6, 6.07) is 12.0. The molecule has 140 valence electrons. The van der Waals surface area contributed by atoms with Gasteiger partial charge in [-0.1, -0.05) is 39.8 Å². The zero-order chi connectivity index (χ0) is 19.2. The first-order valence-corrected chi connectivity index (χ1v) is 9.64. The first kappa shape index (κ1) is 19.4. The molecule has 0 aliphatic carbocycles. The number of thioether (sulfide) groups is 1. The third-order valence-corrected chi connectivity index (χ3v) is 4.81. The molecular weight excluding hydrogens is 437 g/mol. The average Bonchev–Trinajstić information content (AvgIpc) is 3.10. The van der Waals surface area contributed by atoms with E-state index in [1.54, 1.807) is 13.2 Å². The van der Waals surface area contributed by atoms with Crippen molar-refractivity contribution in [2.24, 2.45) is 0 Å². The number of aromatic nitrogens is 2. The van der Waals surface area contributed by atoms with Crippen LogP contribution in [0.15, 0.2) is 56.6 Å². The van der Waals surface area contributed by atoms with Gasteiger partial charge in [-0.3, -0.25) is 4.79 Å². The summed E-state index contributed by atoms with van der Waals surface area (Å²) in [7, 11) is 1.61. The summed E-state index contributed by atoms with van der Waals surface area (Å²) in [5, 5.41) is 10.7. The summed E-state index contributed by atoms with van der Waals surface area (Å²) in [6.07, 6.45) is 0.480. The standard InChI is InChI=1S/C18H15BrFN3O3S/c1-25-13-5-2-11(3-6-13)8-17-22-23-18(26-17)27-10-16(24)21-15-7-4-12(19)9-14(15)20/h2-7,9H,8,10H2,1H3,(H,21,24). The largest absolute Gasteiger partial charge is 0.497 e. The van der Waals surface area contributed by atoms with Gasteiger partial charge in [0.2, 0.25) is 11.8 Å². The maximum absolute atomic E-state index is 13.7. The minimum absolute atomic E-state index is 0.0275. The van der Waals surface area contributed by atoms with E-state index in [1.165, 1.54) is 12.1 Å². The number of ether oxygens (including phenoxy) is 1. The summed E-state index contributed by atoms with van der Waals surface area (Å²) < 4.78 is 25.0. The fraction of sp³-hybridized carbons (Fsp3) is 0.167. The number of carbonyl (C=O) groups is 1. The second kappa shape index (κ2) is 9.01. The van der Waals surface area contributed by atoms with Crippen molar-refractivity contribution in [1.29, 1.82) is 0 Å². The number of hydrogen-bond acceptors (Lipinski definition) is 6. The molecule has 27 heavy (non-hydrogen) atoms. The normalized spacial score (nSPS) is 10.6. The molecule has 3 aromatic rings. The van der Waals surface area contributed by atoms with Crippen molar-refractivity contribution in [2.75, 3.05) is 18.2 Å². The highest BCUT2D eigenvalue weighted by atomic mass is 79.9. The van der Waals surface area contributed by atoms with E-state index in [2.05, 4.69) is 31.4 Å². The lowest BCUT2D eigenvalue weighted by molar-refractivity contribution is -0.113. The molecule has 6 nitrogen and oxygen atoms in total. The molecule has 1 aromatic heterocycles. The number of nitrogens with one attached hydrogen (secondary N) is 1. The van der Waals surface area contributed by atoms with Gasteiger partial charge < -0.3 is 14.5 Å². The fourth-order valence-electron chi connectivity index (χ4n) is 2.19. The Morgan fingerprint density at radius 2 is 2.04 bits per heavy atom. The number of methoxy groups -OCH3 is 1. The average molecular weight is 452 g/mol. The summed E-state index contributed by atoms with van der Waals surface area (Å²) in [5.74, 6) is 0.369. The molecule has 2 aromatic carbocycles. The minimum atomic E-state index is -0.512. The highest BCUT2D eigenvalue weighted by molar-refractivity contribution is 9.10. The van der Waals surface area contributed by atoms with Gasteiger partial charge in [0, 0.05) is 4.47 Å². The third kappa shape index (κ3) is 5.54. The van der Waals surface area contributed by atoms with Gasteiger partial charge in [0.25, 0.3) is 5.22 Å². The molecule has 0 saturated carbocycles. The zero-order valence-corrected chi connectivity index (χ0v) is 16.6. The van der Waals surface area contributed by atoms with Gasteiger partial charge in [-0.2, -0.15) is 0 Å². The molecule has 1 N–H and O–H groups in total.